The van der Waals surface area contributed by atoms with Crippen molar-refractivity contribution in [3.63, 3.8) is 0 Å². The first-order valence-corrected chi connectivity index (χ1v) is 13.9. The number of benzene rings is 4. The first kappa shape index (κ1) is 32.9. The van der Waals surface area contributed by atoms with E-state index in [1.54, 1.807) is 31.4 Å². The molecule has 244 valence electrons. The third-order valence-corrected chi connectivity index (χ3v) is 6.95. The van der Waals surface area contributed by atoms with Crippen LogP contribution in [0.3, 0.4) is 0 Å². The monoisotopic (exact) mass is 656 g/mol. The Morgan fingerprint density at radius 3 is 2.19 bits per heavy atom. The fraction of sp³-hybridized carbons (Fsp3) is 0.182. The van der Waals surface area contributed by atoms with Crippen molar-refractivity contribution < 1.29 is 45.3 Å². The maximum Gasteiger partial charge on any atom is 0.419 e. The number of aromatic nitrogens is 3. The summed E-state index contributed by atoms with van der Waals surface area (Å²) in [5.41, 5.74) is -0.431. The third-order valence-electron chi connectivity index (χ3n) is 6.95. The largest absolute Gasteiger partial charge is 0.497 e. The zero-order valence-corrected chi connectivity index (χ0v) is 24.8. The summed E-state index contributed by atoms with van der Waals surface area (Å²) < 4.78 is 97.2. The standard InChI is InChI=1S/C33H26F6N4O4/c1-45-26-13-6-20(7-14-26)16-17-47-31-41-29(21-8-11-23(12-9-21)32(34,35)36)43(42-31)25-5-3-4-24(19-25)40-30(44)22-10-15-28(46-2)27(18-22)33(37,38)39/h3-15,18-19H,16-17H2,1-2H3,(H,40,44). The molecule has 1 heterocycles. The van der Waals surface area contributed by atoms with Crippen LogP contribution in [0.25, 0.3) is 17.1 Å². The summed E-state index contributed by atoms with van der Waals surface area (Å²) in [4.78, 5) is 17.4. The van der Waals surface area contributed by atoms with Crippen LogP contribution < -0.4 is 19.5 Å². The summed E-state index contributed by atoms with van der Waals surface area (Å²) in [5.74, 6) is -0.407. The molecule has 0 unspecified atom stereocenters. The molecule has 47 heavy (non-hydrogen) atoms. The van der Waals surface area contributed by atoms with Gasteiger partial charge in [-0.05, 0) is 66.2 Å². The predicted molar refractivity (Wildman–Crippen MR) is 160 cm³/mol. The molecule has 1 amide bonds. The van der Waals surface area contributed by atoms with Gasteiger partial charge in [0.05, 0.1) is 37.6 Å². The van der Waals surface area contributed by atoms with E-state index in [0.29, 0.717) is 29.5 Å². The van der Waals surface area contributed by atoms with Crippen LogP contribution in [0.15, 0.2) is 91.0 Å². The van der Waals surface area contributed by atoms with E-state index in [9.17, 15) is 31.1 Å². The van der Waals surface area contributed by atoms with E-state index in [0.717, 1.165) is 30.9 Å². The minimum absolute atomic E-state index is 0.0549. The quantitative estimate of drug-likeness (QED) is 0.154. The Bertz CT molecular complexity index is 1850. The Kier molecular flexibility index (Phi) is 9.40. The summed E-state index contributed by atoms with van der Waals surface area (Å²) >= 11 is 0. The number of halogens is 6. The SMILES string of the molecule is COc1ccc(CCOc2nc(-c3ccc(C(F)(F)F)cc3)n(-c3cccc(NC(=O)c4ccc(OC)c(C(F)(F)F)c4)c3)n2)cc1. The van der Waals surface area contributed by atoms with Crippen LogP contribution in [-0.4, -0.2) is 41.5 Å². The predicted octanol–water partition coefficient (Wildman–Crippen LogP) is 7.86. The number of amides is 1. The number of ether oxygens (including phenoxy) is 3. The minimum atomic E-state index is -4.75. The molecular weight excluding hydrogens is 630 g/mol. The van der Waals surface area contributed by atoms with Crippen LogP contribution in [0.1, 0.15) is 27.0 Å². The number of carbonyl (C=O) groups excluding carboxylic acids is 1. The van der Waals surface area contributed by atoms with Gasteiger partial charge in [0.1, 0.15) is 11.5 Å². The summed E-state index contributed by atoms with van der Waals surface area (Å²) in [6.07, 6.45) is -8.80. The van der Waals surface area contributed by atoms with E-state index < -0.39 is 35.1 Å². The highest BCUT2D eigenvalue weighted by atomic mass is 19.4. The lowest BCUT2D eigenvalue weighted by Gasteiger charge is -2.14. The molecule has 4 aromatic carbocycles. The van der Waals surface area contributed by atoms with Gasteiger partial charge >= 0.3 is 18.4 Å². The van der Waals surface area contributed by atoms with E-state index in [1.165, 1.54) is 35.0 Å². The molecule has 8 nitrogen and oxygen atoms in total. The third kappa shape index (κ3) is 7.83. The van der Waals surface area contributed by atoms with Gasteiger partial charge in [0.15, 0.2) is 5.82 Å². The average molecular weight is 657 g/mol. The molecule has 0 aliphatic rings. The van der Waals surface area contributed by atoms with Crippen molar-refractivity contribution in [2.75, 3.05) is 26.1 Å². The first-order chi connectivity index (χ1) is 22.4. The highest BCUT2D eigenvalue weighted by Crippen LogP contribution is 2.37. The molecule has 0 bridgehead atoms. The number of methoxy groups -OCH3 is 2. The second kappa shape index (κ2) is 13.4. The Morgan fingerprint density at radius 1 is 0.830 bits per heavy atom. The van der Waals surface area contributed by atoms with Crippen LogP contribution in [0.4, 0.5) is 32.0 Å². The van der Waals surface area contributed by atoms with Crippen molar-refractivity contribution in [2.45, 2.75) is 18.8 Å². The number of anilines is 1. The van der Waals surface area contributed by atoms with Gasteiger partial charge in [0.25, 0.3) is 5.91 Å². The number of nitrogens with one attached hydrogen (secondary N) is 1. The molecular formula is C33H26F6N4O4. The molecule has 0 aliphatic heterocycles. The Morgan fingerprint density at radius 2 is 1.55 bits per heavy atom. The zero-order valence-electron chi connectivity index (χ0n) is 24.8. The molecule has 0 saturated heterocycles. The highest BCUT2D eigenvalue weighted by Gasteiger charge is 2.35. The molecule has 0 spiro atoms. The molecule has 0 atom stereocenters. The van der Waals surface area contributed by atoms with Gasteiger partial charge in [0, 0.05) is 23.2 Å². The molecule has 14 heteroatoms. The Labute approximate surface area is 264 Å². The van der Waals surface area contributed by atoms with E-state index >= 15 is 0 Å². The van der Waals surface area contributed by atoms with Gasteiger partial charge in [-0.2, -0.15) is 31.3 Å². The van der Waals surface area contributed by atoms with Crippen molar-refractivity contribution in [1.82, 2.24) is 14.8 Å². The van der Waals surface area contributed by atoms with Gasteiger partial charge in [-0.15, -0.1) is 5.10 Å². The number of hydrogen-bond donors (Lipinski definition) is 1. The Hall–Kier alpha value is -5.53. The lowest BCUT2D eigenvalue weighted by molar-refractivity contribution is -0.139. The summed E-state index contributed by atoms with van der Waals surface area (Å²) in [6, 6.07) is 20.7. The van der Waals surface area contributed by atoms with E-state index in [4.69, 9.17) is 14.2 Å². The van der Waals surface area contributed by atoms with Crippen LogP contribution >= 0.6 is 0 Å². The molecule has 0 radical (unpaired) electrons. The number of carbonyl (C=O) groups is 1. The van der Waals surface area contributed by atoms with Crippen molar-refractivity contribution >= 4 is 11.6 Å². The average Bonchev–Trinajstić information content (AvgIpc) is 3.48. The normalized spacial score (nSPS) is 11.7. The van der Waals surface area contributed by atoms with Gasteiger partial charge < -0.3 is 19.5 Å². The second-order valence-corrected chi connectivity index (χ2v) is 10.1. The van der Waals surface area contributed by atoms with Crippen molar-refractivity contribution in [2.24, 2.45) is 0 Å². The van der Waals surface area contributed by atoms with E-state index in [2.05, 4.69) is 15.4 Å². The van der Waals surface area contributed by atoms with Crippen LogP contribution in [0.2, 0.25) is 0 Å². The summed E-state index contributed by atoms with van der Waals surface area (Å²) in [5, 5.41) is 6.97. The van der Waals surface area contributed by atoms with E-state index in [-0.39, 0.29) is 29.7 Å². The fourth-order valence-corrected chi connectivity index (χ4v) is 4.57. The van der Waals surface area contributed by atoms with Gasteiger partial charge in [-0.25, -0.2) is 4.68 Å². The minimum Gasteiger partial charge on any atom is -0.497 e. The molecule has 1 aromatic heterocycles. The molecule has 0 fully saturated rings. The molecule has 1 N–H and O–H groups in total. The topological polar surface area (TPSA) is 87.5 Å². The maximum absolute atomic E-state index is 13.5. The molecule has 0 aliphatic carbocycles. The van der Waals surface area contributed by atoms with Crippen molar-refractivity contribution in [3.8, 4) is 34.6 Å². The number of nitrogens with zero attached hydrogens (tertiary/aromatic N) is 3. The lowest BCUT2D eigenvalue weighted by atomic mass is 10.1. The smallest absolute Gasteiger partial charge is 0.419 e. The molecule has 5 aromatic rings. The summed E-state index contributed by atoms with van der Waals surface area (Å²) in [6.45, 7) is 0.181. The molecule has 5 rings (SSSR count). The lowest BCUT2D eigenvalue weighted by Crippen LogP contribution is -2.15. The first-order valence-electron chi connectivity index (χ1n) is 13.9. The van der Waals surface area contributed by atoms with Gasteiger partial charge in [-0.3, -0.25) is 4.79 Å². The van der Waals surface area contributed by atoms with Crippen LogP contribution in [0.5, 0.6) is 17.5 Å². The van der Waals surface area contributed by atoms with Gasteiger partial charge in [0.2, 0.25) is 0 Å². The number of rotatable bonds is 10. The van der Waals surface area contributed by atoms with Crippen LogP contribution in [-0.2, 0) is 18.8 Å². The van der Waals surface area contributed by atoms with Crippen LogP contribution in [0, 0.1) is 0 Å². The van der Waals surface area contributed by atoms with Crippen molar-refractivity contribution in [3.05, 3.63) is 113 Å². The van der Waals surface area contributed by atoms with Crippen molar-refractivity contribution in [1.29, 1.82) is 0 Å². The molecule has 0 saturated carbocycles. The van der Waals surface area contributed by atoms with E-state index in [1.807, 2.05) is 12.1 Å². The maximum atomic E-state index is 13.5. The fourth-order valence-electron chi connectivity index (χ4n) is 4.57. The zero-order chi connectivity index (χ0) is 33.8. The Balaban J connectivity index is 1.42. The number of alkyl halides is 6. The number of hydrogen-bond acceptors (Lipinski definition) is 6. The van der Waals surface area contributed by atoms with Gasteiger partial charge in [-0.1, -0.05) is 30.3 Å². The highest BCUT2D eigenvalue weighted by molar-refractivity contribution is 6.04. The second-order valence-electron chi connectivity index (χ2n) is 10.1. The summed E-state index contributed by atoms with van der Waals surface area (Å²) in [7, 11) is 2.66.